The van der Waals surface area contributed by atoms with E-state index in [4.69, 9.17) is 0 Å². The van der Waals surface area contributed by atoms with E-state index in [2.05, 4.69) is 21.2 Å². The first-order chi connectivity index (χ1) is 14.1. The summed E-state index contributed by atoms with van der Waals surface area (Å²) in [5.74, 6) is -0.719. The van der Waals surface area contributed by atoms with Gasteiger partial charge in [-0.25, -0.2) is 9.82 Å². The van der Waals surface area contributed by atoms with Gasteiger partial charge in [0.2, 0.25) is 11.8 Å². The number of rotatable bonds is 6. The molecule has 2 aliphatic heterocycles. The average Bonchev–Trinajstić information content (AvgIpc) is 3.37. The Morgan fingerprint density at radius 1 is 1.24 bits per heavy atom. The fourth-order valence-electron chi connectivity index (χ4n) is 4.00. The van der Waals surface area contributed by atoms with Crippen molar-refractivity contribution < 1.29 is 14.0 Å². The molecule has 152 valence electrons. The molecule has 0 bridgehead atoms. The van der Waals surface area contributed by atoms with E-state index in [-0.39, 0.29) is 35.6 Å². The second-order valence-electron chi connectivity index (χ2n) is 7.54. The number of carbonyl (C=O) groups is 2. The van der Waals surface area contributed by atoms with E-state index in [0.717, 1.165) is 11.1 Å². The highest BCUT2D eigenvalue weighted by Crippen LogP contribution is 2.28. The van der Waals surface area contributed by atoms with Gasteiger partial charge in [0, 0.05) is 44.5 Å². The van der Waals surface area contributed by atoms with Crippen molar-refractivity contribution in [3.63, 3.8) is 0 Å². The lowest BCUT2D eigenvalue weighted by molar-refractivity contribution is -0.136. The van der Waals surface area contributed by atoms with Crippen LogP contribution in [-0.4, -0.2) is 40.8 Å². The zero-order chi connectivity index (χ0) is 20.2. The van der Waals surface area contributed by atoms with Gasteiger partial charge in [-0.2, -0.15) is 0 Å². The lowest BCUT2D eigenvalue weighted by Gasteiger charge is -2.30. The van der Waals surface area contributed by atoms with Gasteiger partial charge in [0.05, 0.1) is 12.0 Å². The Morgan fingerprint density at radius 2 is 2.07 bits per heavy atom. The number of hydrazine groups is 1. The Balaban J connectivity index is 1.55. The van der Waals surface area contributed by atoms with Gasteiger partial charge in [0.15, 0.2) is 0 Å². The highest BCUT2D eigenvalue weighted by molar-refractivity contribution is 5.81. The topological polar surface area (TPSA) is 86.4 Å². The summed E-state index contributed by atoms with van der Waals surface area (Å²) < 4.78 is 13.7. The van der Waals surface area contributed by atoms with Crippen LogP contribution in [0.15, 0.2) is 48.8 Å². The molecule has 0 spiro atoms. The fourth-order valence-corrected chi connectivity index (χ4v) is 4.00. The second kappa shape index (κ2) is 8.67. The monoisotopic (exact) mass is 397 g/mol. The van der Waals surface area contributed by atoms with Crippen LogP contribution in [0.25, 0.3) is 0 Å². The highest BCUT2D eigenvalue weighted by Gasteiger charge is 2.37. The number of carbonyl (C=O) groups excluding carboxylic acids is 2. The van der Waals surface area contributed by atoms with E-state index in [1.807, 2.05) is 18.2 Å². The molecule has 7 nitrogen and oxygen atoms in total. The predicted octanol–water partition coefficient (Wildman–Crippen LogP) is 1.29. The molecule has 3 heterocycles. The summed E-state index contributed by atoms with van der Waals surface area (Å²) in [7, 11) is 0. The zero-order valence-corrected chi connectivity index (χ0v) is 16.0. The van der Waals surface area contributed by atoms with Gasteiger partial charge in [-0.15, -0.1) is 0 Å². The summed E-state index contributed by atoms with van der Waals surface area (Å²) >= 11 is 0. The van der Waals surface area contributed by atoms with Crippen molar-refractivity contribution in [3.8, 4) is 0 Å². The van der Waals surface area contributed by atoms with Gasteiger partial charge in [-0.05, 0) is 41.8 Å². The Hall–Kier alpha value is -2.84. The Kier molecular flexibility index (Phi) is 5.82. The number of nitrogens with zero attached hydrogens (tertiary/aromatic N) is 2. The maximum absolute atomic E-state index is 13.7. The number of benzene rings is 1. The molecule has 29 heavy (non-hydrogen) atoms. The number of nitrogens with one attached hydrogen (secondary N) is 3. The van der Waals surface area contributed by atoms with Crippen LogP contribution in [0, 0.1) is 11.7 Å². The molecule has 2 saturated heterocycles. The molecule has 1 aromatic heterocycles. The first kappa shape index (κ1) is 19.5. The normalized spacial score (nSPS) is 23.8. The number of amides is 2. The van der Waals surface area contributed by atoms with Crippen LogP contribution in [-0.2, 0) is 16.1 Å². The molecule has 2 amide bonds. The SMILES string of the molecule is O=C1CC[C@@H](CN(Cc2ccncc2)C(=O)C2CNNC2c2cccc(F)c2)N1. The molecular weight excluding hydrogens is 373 g/mol. The van der Waals surface area contributed by atoms with Crippen LogP contribution in [0.5, 0.6) is 0 Å². The van der Waals surface area contributed by atoms with Gasteiger partial charge in [0.1, 0.15) is 5.82 Å². The van der Waals surface area contributed by atoms with Gasteiger partial charge in [-0.3, -0.25) is 20.0 Å². The Morgan fingerprint density at radius 3 is 2.79 bits per heavy atom. The largest absolute Gasteiger partial charge is 0.352 e. The van der Waals surface area contributed by atoms with Crippen molar-refractivity contribution in [2.45, 2.75) is 31.5 Å². The van der Waals surface area contributed by atoms with Crippen molar-refractivity contribution in [3.05, 3.63) is 65.7 Å². The van der Waals surface area contributed by atoms with E-state index in [1.54, 1.807) is 23.4 Å². The highest BCUT2D eigenvalue weighted by atomic mass is 19.1. The summed E-state index contributed by atoms with van der Waals surface area (Å²) in [6.07, 6.45) is 4.60. The van der Waals surface area contributed by atoms with Gasteiger partial charge < -0.3 is 10.2 Å². The third kappa shape index (κ3) is 4.60. The van der Waals surface area contributed by atoms with Gasteiger partial charge >= 0.3 is 0 Å². The van der Waals surface area contributed by atoms with Gasteiger partial charge in [0.25, 0.3) is 0 Å². The molecule has 2 fully saturated rings. The minimum atomic E-state index is -0.379. The number of pyridine rings is 1. The number of hydrogen-bond acceptors (Lipinski definition) is 5. The Bertz CT molecular complexity index is 878. The van der Waals surface area contributed by atoms with E-state index in [1.165, 1.54) is 12.1 Å². The van der Waals surface area contributed by atoms with Crippen LogP contribution < -0.4 is 16.2 Å². The Labute approximate surface area is 168 Å². The lowest BCUT2D eigenvalue weighted by atomic mass is 9.93. The summed E-state index contributed by atoms with van der Waals surface area (Å²) in [5, 5.41) is 2.94. The quantitative estimate of drug-likeness (QED) is 0.684. The summed E-state index contributed by atoms with van der Waals surface area (Å²) in [6, 6.07) is 9.69. The van der Waals surface area contributed by atoms with Crippen molar-refractivity contribution >= 4 is 11.8 Å². The lowest BCUT2D eigenvalue weighted by Crippen LogP contribution is -2.45. The number of aromatic nitrogens is 1. The molecule has 2 unspecified atom stereocenters. The molecule has 3 N–H and O–H groups in total. The average molecular weight is 397 g/mol. The standard InChI is InChI=1S/C21H24FN5O2/c22-16-3-1-2-15(10-16)20-18(11-24-26-20)21(29)27(12-14-6-8-23-9-7-14)13-17-4-5-19(28)25-17/h1-3,6-10,17-18,20,24,26H,4-5,11-13H2,(H,25,28)/t17-,18?,20?/m0/s1. The molecule has 4 rings (SSSR count). The third-order valence-corrected chi connectivity index (χ3v) is 5.47. The fraction of sp³-hybridized carbons (Fsp3) is 0.381. The van der Waals surface area contributed by atoms with Crippen LogP contribution in [0.1, 0.15) is 30.0 Å². The van der Waals surface area contributed by atoms with E-state index in [9.17, 15) is 14.0 Å². The molecular formula is C21H24FN5O2. The molecule has 0 radical (unpaired) electrons. The first-order valence-corrected chi connectivity index (χ1v) is 9.81. The van der Waals surface area contributed by atoms with Crippen LogP contribution >= 0.6 is 0 Å². The van der Waals surface area contributed by atoms with Crippen molar-refractivity contribution in [2.75, 3.05) is 13.1 Å². The molecule has 8 heteroatoms. The number of halogens is 1. The maximum atomic E-state index is 13.7. The predicted molar refractivity (Wildman–Crippen MR) is 105 cm³/mol. The van der Waals surface area contributed by atoms with Crippen molar-refractivity contribution in [1.29, 1.82) is 0 Å². The first-order valence-electron chi connectivity index (χ1n) is 9.81. The van der Waals surface area contributed by atoms with Crippen LogP contribution in [0.2, 0.25) is 0 Å². The van der Waals surface area contributed by atoms with Crippen LogP contribution in [0.3, 0.4) is 0 Å². The molecule has 3 atom stereocenters. The molecule has 1 aromatic carbocycles. The summed E-state index contributed by atoms with van der Waals surface area (Å²) in [6.45, 7) is 1.32. The maximum Gasteiger partial charge on any atom is 0.229 e. The van der Waals surface area contributed by atoms with E-state index in [0.29, 0.717) is 32.5 Å². The van der Waals surface area contributed by atoms with E-state index < -0.39 is 0 Å². The molecule has 2 aromatic rings. The minimum Gasteiger partial charge on any atom is -0.352 e. The van der Waals surface area contributed by atoms with Gasteiger partial charge in [-0.1, -0.05) is 12.1 Å². The molecule has 0 saturated carbocycles. The second-order valence-corrected chi connectivity index (χ2v) is 7.54. The molecule has 2 aliphatic rings. The summed E-state index contributed by atoms with van der Waals surface area (Å²) in [5.41, 5.74) is 7.85. The molecule has 0 aliphatic carbocycles. The minimum absolute atomic E-state index is 0.0214. The number of hydrogen-bond donors (Lipinski definition) is 3. The summed E-state index contributed by atoms with van der Waals surface area (Å²) in [4.78, 5) is 30.9. The van der Waals surface area contributed by atoms with Crippen LogP contribution in [0.4, 0.5) is 4.39 Å². The van der Waals surface area contributed by atoms with Crippen molar-refractivity contribution in [2.24, 2.45) is 5.92 Å². The zero-order valence-electron chi connectivity index (χ0n) is 16.0. The van der Waals surface area contributed by atoms with Crippen molar-refractivity contribution in [1.82, 2.24) is 26.1 Å². The van der Waals surface area contributed by atoms with E-state index >= 15 is 0 Å². The third-order valence-electron chi connectivity index (χ3n) is 5.47. The smallest absolute Gasteiger partial charge is 0.229 e.